The third-order valence-corrected chi connectivity index (χ3v) is 4.15. The number of hydrogen-bond donors (Lipinski definition) is 2. The minimum atomic E-state index is 0.0761. The lowest BCUT2D eigenvalue weighted by Crippen LogP contribution is -2.50. The fraction of sp³-hybridized carbons (Fsp3) is 0.857. The molecule has 2 fully saturated rings. The Labute approximate surface area is 115 Å². The zero-order valence-corrected chi connectivity index (χ0v) is 11.8. The summed E-state index contributed by atoms with van der Waals surface area (Å²) in [4.78, 5) is 25.3. The van der Waals surface area contributed by atoms with Gasteiger partial charge in [0.1, 0.15) is 0 Å². The van der Waals surface area contributed by atoms with E-state index in [9.17, 15) is 9.59 Å². The lowest BCUT2D eigenvalue weighted by atomic mass is 10.1. The number of carbonyl (C=O) groups excluding carboxylic acids is 2. The molecule has 2 aliphatic rings. The van der Waals surface area contributed by atoms with Gasteiger partial charge in [-0.2, -0.15) is 0 Å². The monoisotopic (exact) mass is 267 g/mol. The average Bonchev–Trinajstić information content (AvgIpc) is 2.92. The maximum Gasteiger partial charge on any atom is 0.317 e. The van der Waals surface area contributed by atoms with Crippen LogP contribution >= 0.6 is 0 Å². The van der Waals surface area contributed by atoms with Crippen LogP contribution in [0.1, 0.15) is 51.9 Å². The van der Waals surface area contributed by atoms with E-state index in [4.69, 9.17) is 0 Å². The molecule has 1 saturated carbocycles. The maximum atomic E-state index is 12.1. The smallest absolute Gasteiger partial charge is 0.317 e. The molecule has 0 aromatic rings. The number of rotatable bonds is 3. The number of carbonyl (C=O) groups is 2. The summed E-state index contributed by atoms with van der Waals surface area (Å²) in [5.41, 5.74) is 0. The quantitative estimate of drug-likeness (QED) is 0.816. The summed E-state index contributed by atoms with van der Waals surface area (Å²) in [6.07, 6.45) is 6.96. The number of likely N-dealkylation sites (tertiary alicyclic amines) is 1. The zero-order valence-electron chi connectivity index (χ0n) is 11.8. The van der Waals surface area contributed by atoms with Crippen molar-refractivity contribution in [1.82, 2.24) is 15.5 Å². The summed E-state index contributed by atoms with van der Waals surface area (Å²) in [7, 11) is 0. The minimum absolute atomic E-state index is 0.0761. The third-order valence-electron chi connectivity index (χ3n) is 4.15. The molecule has 0 spiro atoms. The Balaban J connectivity index is 1.70. The van der Waals surface area contributed by atoms with Gasteiger partial charge in [-0.05, 0) is 25.7 Å². The van der Waals surface area contributed by atoms with Crippen LogP contribution in [-0.2, 0) is 4.79 Å². The van der Waals surface area contributed by atoms with E-state index in [1.54, 1.807) is 0 Å². The summed E-state index contributed by atoms with van der Waals surface area (Å²) in [6.45, 7) is 3.35. The summed E-state index contributed by atoms with van der Waals surface area (Å²) in [6, 6.07) is 0.695. The van der Waals surface area contributed by atoms with Crippen LogP contribution in [0.15, 0.2) is 0 Å². The largest absolute Gasteiger partial charge is 0.353 e. The molecular formula is C14H25N3O2. The molecule has 2 rings (SSSR count). The first kappa shape index (κ1) is 14.2. The van der Waals surface area contributed by atoms with Gasteiger partial charge in [-0.25, -0.2) is 4.79 Å². The summed E-state index contributed by atoms with van der Waals surface area (Å²) >= 11 is 0. The SMILES string of the molecule is CCC(=O)NC1CCN(C(=O)NC2CCCC2)CC1. The van der Waals surface area contributed by atoms with Gasteiger partial charge in [0.05, 0.1) is 0 Å². The molecule has 5 heteroatoms. The second-order valence-corrected chi connectivity index (χ2v) is 5.61. The van der Waals surface area contributed by atoms with Crippen molar-refractivity contribution in [3.8, 4) is 0 Å². The standard InChI is InChI=1S/C14H25N3O2/c1-2-13(18)15-12-7-9-17(10-8-12)14(19)16-11-5-3-4-6-11/h11-12H,2-10H2,1H3,(H,15,18)(H,16,19). The van der Waals surface area contributed by atoms with Crippen molar-refractivity contribution in [2.75, 3.05) is 13.1 Å². The van der Waals surface area contributed by atoms with Crippen molar-refractivity contribution >= 4 is 11.9 Å². The van der Waals surface area contributed by atoms with Crippen LogP contribution in [-0.4, -0.2) is 42.0 Å². The molecule has 5 nitrogen and oxygen atoms in total. The van der Waals surface area contributed by atoms with Crippen LogP contribution in [0.5, 0.6) is 0 Å². The molecule has 1 aliphatic heterocycles. The van der Waals surface area contributed by atoms with Gasteiger partial charge in [-0.15, -0.1) is 0 Å². The van der Waals surface area contributed by atoms with Gasteiger partial charge in [-0.1, -0.05) is 19.8 Å². The van der Waals surface area contributed by atoms with Crippen molar-refractivity contribution in [1.29, 1.82) is 0 Å². The number of urea groups is 1. The number of piperidine rings is 1. The van der Waals surface area contributed by atoms with Crippen LogP contribution in [0.4, 0.5) is 4.79 Å². The Morgan fingerprint density at radius 2 is 1.58 bits per heavy atom. The Bertz CT molecular complexity index is 319. The molecule has 0 unspecified atom stereocenters. The molecule has 1 saturated heterocycles. The average molecular weight is 267 g/mol. The van der Waals surface area contributed by atoms with Crippen LogP contribution in [0, 0.1) is 0 Å². The van der Waals surface area contributed by atoms with Crippen molar-refractivity contribution in [3.05, 3.63) is 0 Å². The minimum Gasteiger partial charge on any atom is -0.353 e. The van der Waals surface area contributed by atoms with Gasteiger partial charge in [0.2, 0.25) is 5.91 Å². The molecule has 0 aromatic carbocycles. The molecular weight excluding hydrogens is 242 g/mol. The van der Waals surface area contributed by atoms with Crippen molar-refractivity contribution in [2.45, 2.75) is 64.0 Å². The van der Waals surface area contributed by atoms with E-state index in [0.29, 0.717) is 12.5 Å². The Morgan fingerprint density at radius 1 is 1.00 bits per heavy atom. The molecule has 19 heavy (non-hydrogen) atoms. The highest BCUT2D eigenvalue weighted by Gasteiger charge is 2.25. The van der Waals surface area contributed by atoms with E-state index < -0.39 is 0 Å². The molecule has 1 aliphatic carbocycles. The highest BCUT2D eigenvalue weighted by molar-refractivity contribution is 5.76. The first-order valence-corrected chi connectivity index (χ1v) is 7.54. The van der Waals surface area contributed by atoms with Gasteiger partial charge in [0.15, 0.2) is 0 Å². The highest BCUT2D eigenvalue weighted by atomic mass is 16.2. The molecule has 0 aromatic heterocycles. The van der Waals surface area contributed by atoms with Gasteiger partial charge < -0.3 is 15.5 Å². The molecule has 0 bridgehead atoms. The molecule has 0 atom stereocenters. The highest BCUT2D eigenvalue weighted by Crippen LogP contribution is 2.18. The van der Waals surface area contributed by atoms with E-state index in [2.05, 4.69) is 10.6 Å². The summed E-state index contributed by atoms with van der Waals surface area (Å²) in [5, 5.41) is 6.12. The van der Waals surface area contributed by atoms with E-state index in [-0.39, 0.29) is 18.0 Å². The Morgan fingerprint density at radius 3 is 2.16 bits per heavy atom. The second kappa shape index (κ2) is 6.78. The van der Waals surface area contributed by atoms with E-state index in [0.717, 1.165) is 38.8 Å². The normalized spacial score (nSPS) is 21.4. The number of nitrogens with zero attached hydrogens (tertiary/aromatic N) is 1. The van der Waals surface area contributed by atoms with Crippen LogP contribution in [0.2, 0.25) is 0 Å². The van der Waals surface area contributed by atoms with E-state index in [1.807, 2.05) is 11.8 Å². The number of nitrogens with one attached hydrogen (secondary N) is 2. The van der Waals surface area contributed by atoms with Crippen LogP contribution in [0.3, 0.4) is 0 Å². The Kier molecular flexibility index (Phi) is 5.05. The topological polar surface area (TPSA) is 61.4 Å². The number of amides is 3. The van der Waals surface area contributed by atoms with E-state index >= 15 is 0 Å². The summed E-state index contributed by atoms with van der Waals surface area (Å²) < 4.78 is 0. The molecule has 108 valence electrons. The van der Waals surface area contributed by atoms with Gasteiger partial charge in [0, 0.05) is 31.6 Å². The summed E-state index contributed by atoms with van der Waals surface area (Å²) in [5.74, 6) is 0.105. The first-order valence-electron chi connectivity index (χ1n) is 7.54. The Hall–Kier alpha value is -1.26. The first-order chi connectivity index (χ1) is 9.19. The molecule has 2 N–H and O–H groups in total. The third kappa shape index (κ3) is 4.11. The van der Waals surface area contributed by atoms with Gasteiger partial charge in [-0.3, -0.25) is 4.79 Å². The predicted molar refractivity (Wildman–Crippen MR) is 73.8 cm³/mol. The van der Waals surface area contributed by atoms with Crippen molar-refractivity contribution in [3.63, 3.8) is 0 Å². The maximum absolute atomic E-state index is 12.1. The van der Waals surface area contributed by atoms with Gasteiger partial charge >= 0.3 is 6.03 Å². The fourth-order valence-electron chi connectivity index (χ4n) is 2.89. The second-order valence-electron chi connectivity index (χ2n) is 5.61. The van der Waals surface area contributed by atoms with Crippen LogP contribution < -0.4 is 10.6 Å². The van der Waals surface area contributed by atoms with Crippen molar-refractivity contribution < 1.29 is 9.59 Å². The van der Waals surface area contributed by atoms with Crippen LogP contribution in [0.25, 0.3) is 0 Å². The molecule has 0 radical (unpaired) electrons. The molecule has 3 amide bonds. The predicted octanol–water partition coefficient (Wildman–Crippen LogP) is 1.63. The van der Waals surface area contributed by atoms with E-state index in [1.165, 1.54) is 12.8 Å². The number of hydrogen-bond acceptors (Lipinski definition) is 2. The molecule has 1 heterocycles. The fourth-order valence-corrected chi connectivity index (χ4v) is 2.89. The van der Waals surface area contributed by atoms with Crippen molar-refractivity contribution in [2.24, 2.45) is 0 Å². The zero-order chi connectivity index (χ0) is 13.7. The lowest BCUT2D eigenvalue weighted by Gasteiger charge is -2.33. The van der Waals surface area contributed by atoms with Gasteiger partial charge in [0.25, 0.3) is 0 Å². The lowest BCUT2D eigenvalue weighted by molar-refractivity contribution is -0.121.